The van der Waals surface area contributed by atoms with Gasteiger partial charge in [-0.25, -0.2) is 0 Å². The minimum atomic E-state index is 0.0963. The summed E-state index contributed by atoms with van der Waals surface area (Å²) in [5, 5.41) is 3.34. The predicted octanol–water partition coefficient (Wildman–Crippen LogP) is 0.806. The summed E-state index contributed by atoms with van der Waals surface area (Å²) in [5.74, 6) is 0.774. The highest BCUT2D eigenvalue weighted by molar-refractivity contribution is 5.95. The lowest BCUT2D eigenvalue weighted by atomic mass is 10.1. The van der Waals surface area contributed by atoms with E-state index in [1.807, 2.05) is 19.2 Å². The molecule has 0 bridgehead atoms. The minimum absolute atomic E-state index is 0.0963. The molecule has 1 N–H and O–H groups in total. The molecule has 1 saturated heterocycles. The number of likely N-dealkylation sites (N-methyl/N-ethyl adjacent to an activating group) is 1. The molecule has 1 aliphatic rings. The van der Waals surface area contributed by atoms with Crippen LogP contribution in [0.5, 0.6) is 0 Å². The zero-order valence-corrected chi connectivity index (χ0v) is 10.2. The largest absolute Gasteiger partial charge is 0.316 e. The van der Waals surface area contributed by atoms with Crippen molar-refractivity contribution in [2.45, 2.75) is 6.42 Å². The molecule has 1 atom stereocenters. The first-order valence-electron chi connectivity index (χ1n) is 6.09. The number of rotatable bonds is 5. The van der Waals surface area contributed by atoms with Crippen molar-refractivity contribution >= 4 is 5.78 Å². The van der Waals surface area contributed by atoms with Gasteiger partial charge >= 0.3 is 0 Å². The molecule has 2 rings (SSSR count). The molecule has 2 heterocycles. The zero-order valence-electron chi connectivity index (χ0n) is 10.2. The van der Waals surface area contributed by atoms with E-state index in [1.165, 1.54) is 6.42 Å². The molecule has 0 aliphatic carbocycles. The molecule has 92 valence electrons. The third-order valence-electron chi connectivity index (χ3n) is 3.10. The van der Waals surface area contributed by atoms with Gasteiger partial charge in [0.1, 0.15) is 5.69 Å². The molecule has 17 heavy (non-hydrogen) atoms. The summed E-state index contributed by atoms with van der Waals surface area (Å²) in [5.41, 5.74) is 0.559. The Labute approximate surface area is 102 Å². The summed E-state index contributed by atoms with van der Waals surface area (Å²) < 4.78 is 0. The van der Waals surface area contributed by atoms with E-state index in [0.717, 1.165) is 19.6 Å². The van der Waals surface area contributed by atoms with E-state index < -0.39 is 0 Å². The molecule has 4 heteroatoms. The van der Waals surface area contributed by atoms with E-state index >= 15 is 0 Å². The van der Waals surface area contributed by atoms with Gasteiger partial charge in [-0.3, -0.25) is 14.7 Å². The Morgan fingerprint density at radius 1 is 1.59 bits per heavy atom. The molecule has 0 aromatic carbocycles. The summed E-state index contributed by atoms with van der Waals surface area (Å²) >= 11 is 0. The molecule has 1 aliphatic heterocycles. The van der Waals surface area contributed by atoms with Gasteiger partial charge < -0.3 is 5.32 Å². The van der Waals surface area contributed by atoms with Crippen LogP contribution in [0.3, 0.4) is 0 Å². The number of hydrogen-bond donors (Lipinski definition) is 1. The van der Waals surface area contributed by atoms with E-state index in [4.69, 9.17) is 0 Å². The summed E-state index contributed by atoms with van der Waals surface area (Å²) in [4.78, 5) is 18.1. The lowest BCUT2D eigenvalue weighted by Crippen LogP contribution is -2.32. The standard InChI is InChI=1S/C13H19N3O/c1-16(9-11-5-7-14-8-11)10-13(17)12-4-2-3-6-15-12/h2-4,6,11,14H,5,7-10H2,1H3/t11-/m0/s1. The molecule has 4 nitrogen and oxygen atoms in total. The van der Waals surface area contributed by atoms with Crippen LogP contribution < -0.4 is 5.32 Å². The fourth-order valence-corrected chi connectivity index (χ4v) is 2.23. The Bertz CT molecular complexity index is 360. The molecule has 1 aromatic heterocycles. The van der Waals surface area contributed by atoms with Crippen molar-refractivity contribution in [2.24, 2.45) is 5.92 Å². The molecule has 0 radical (unpaired) electrons. The maximum Gasteiger partial charge on any atom is 0.195 e. The monoisotopic (exact) mass is 233 g/mol. The molecular formula is C13H19N3O. The second-order valence-electron chi connectivity index (χ2n) is 4.69. The maximum absolute atomic E-state index is 11.9. The lowest BCUT2D eigenvalue weighted by Gasteiger charge is -2.19. The third-order valence-corrected chi connectivity index (χ3v) is 3.10. The fraction of sp³-hybridized carbons (Fsp3) is 0.538. The van der Waals surface area contributed by atoms with Crippen molar-refractivity contribution in [2.75, 3.05) is 33.2 Å². The highest BCUT2D eigenvalue weighted by Crippen LogP contribution is 2.09. The maximum atomic E-state index is 11.9. The van der Waals surface area contributed by atoms with Gasteiger partial charge in [0.25, 0.3) is 0 Å². The summed E-state index contributed by atoms with van der Waals surface area (Å²) in [6.45, 7) is 3.61. The quantitative estimate of drug-likeness (QED) is 0.764. The van der Waals surface area contributed by atoms with Gasteiger partial charge in [0.05, 0.1) is 6.54 Å². The van der Waals surface area contributed by atoms with Crippen LogP contribution in [0.1, 0.15) is 16.9 Å². The Hall–Kier alpha value is -1.26. The topological polar surface area (TPSA) is 45.2 Å². The van der Waals surface area contributed by atoms with Crippen LogP contribution in [0.2, 0.25) is 0 Å². The van der Waals surface area contributed by atoms with Crippen LogP contribution in [-0.2, 0) is 0 Å². The van der Waals surface area contributed by atoms with Gasteiger partial charge in [-0.15, -0.1) is 0 Å². The van der Waals surface area contributed by atoms with Gasteiger partial charge in [-0.05, 0) is 44.6 Å². The Balaban J connectivity index is 1.81. The second kappa shape index (κ2) is 5.89. The summed E-state index contributed by atoms with van der Waals surface area (Å²) in [6, 6.07) is 5.44. The van der Waals surface area contributed by atoms with Crippen LogP contribution in [0.15, 0.2) is 24.4 Å². The average Bonchev–Trinajstić information content (AvgIpc) is 2.82. The smallest absolute Gasteiger partial charge is 0.195 e. The molecule has 1 aromatic rings. The average molecular weight is 233 g/mol. The second-order valence-corrected chi connectivity index (χ2v) is 4.69. The number of nitrogens with one attached hydrogen (secondary N) is 1. The van der Waals surface area contributed by atoms with Crippen molar-refractivity contribution in [1.82, 2.24) is 15.2 Å². The highest BCUT2D eigenvalue weighted by Gasteiger charge is 2.18. The van der Waals surface area contributed by atoms with Crippen molar-refractivity contribution in [3.63, 3.8) is 0 Å². The predicted molar refractivity (Wildman–Crippen MR) is 67.0 cm³/mol. The van der Waals surface area contributed by atoms with Crippen LogP contribution >= 0.6 is 0 Å². The summed E-state index contributed by atoms with van der Waals surface area (Å²) in [6.07, 6.45) is 2.87. The summed E-state index contributed by atoms with van der Waals surface area (Å²) in [7, 11) is 2.00. The lowest BCUT2D eigenvalue weighted by molar-refractivity contribution is 0.0934. The van der Waals surface area contributed by atoms with Gasteiger partial charge in [0.15, 0.2) is 5.78 Å². The fourth-order valence-electron chi connectivity index (χ4n) is 2.23. The van der Waals surface area contributed by atoms with E-state index in [0.29, 0.717) is 18.2 Å². The zero-order chi connectivity index (χ0) is 12.1. The van der Waals surface area contributed by atoms with Crippen molar-refractivity contribution in [3.05, 3.63) is 30.1 Å². The van der Waals surface area contributed by atoms with Gasteiger partial charge in [-0.2, -0.15) is 0 Å². The Morgan fingerprint density at radius 3 is 3.12 bits per heavy atom. The van der Waals surface area contributed by atoms with Crippen molar-refractivity contribution in [3.8, 4) is 0 Å². The number of carbonyl (C=O) groups is 1. The molecule has 0 amide bonds. The van der Waals surface area contributed by atoms with Crippen LogP contribution in [0, 0.1) is 5.92 Å². The Kier molecular flexibility index (Phi) is 4.23. The minimum Gasteiger partial charge on any atom is -0.316 e. The van der Waals surface area contributed by atoms with Crippen LogP contribution in [-0.4, -0.2) is 48.9 Å². The number of aromatic nitrogens is 1. The van der Waals surface area contributed by atoms with E-state index in [9.17, 15) is 4.79 Å². The van der Waals surface area contributed by atoms with Crippen molar-refractivity contribution in [1.29, 1.82) is 0 Å². The molecule has 0 saturated carbocycles. The van der Waals surface area contributed by atoms with Crippen molar-refractivity contribution < 1.29 is 4.79 Å². The Morgan fingerprint density at radius 2 is 2.47 bits per heavy atom. The number of ketones is 1. The normalized spacial score (nSPS) is 19.8. The molecular weight excluding hydrogens is 214 g/mol. The number of nitrogens with zero attached hydrogens (tertiary/aromatic N) is 2. The van der Waals surface area contributed by atoms with E-state index in [1.54, 1.807) is 12.3 Å². The number of pyridine rings is 1. The number of carbonyl (C=O) groups excluding carboxylic acids is 1. The van der Waals surface area contributed by atoms with Crippen LogP contribution in [0.25, 0.3) is 0 Å². The highest BCUT2D eigenvalue weighted by atomic mass is 16.1. The first-order valence-corrected chi connectivity index (χ1v) is 6.09. The van der Waals surface area contributed by atoms with E-state index in [2.05, 4.69) is 15.2 Å². The van der Waals surface area contributed by atoms with Crippen LogP contribution in [0.4, 0.5) is 0 Å². The third kappa shape index (κ3) is 3.61. The number of hydrogen-bond acceptors (Lipinski definition) is 4. The SMILES string of the molecule is CN(CC(=O)c1ccccn1)C[C@H]1CCNC1. The molecule has 0 unspecified atom stereocenters. The first kappa shape index (κ1) is 12.2. The first-order chi connectivity index (χ1) is 8.25. The van der Waals surface area contributed by atoms with Gasteiger partial charge in [0, 0.05) is 12.7 Å². The molecule has 0 spiro atoms. The van der Waals surface area contributed by atoms with Gasteiger partial charge in [0.2, 0.25) is 0 Å². The van der Waals surface area contributed by atoms with Gasteiger partial charge in [-0.1, -0.05) is 6.07 Å². The van der Waals surface area contributed by atoms with E-state index in [-0.39, 0.29) is 5.78 Å². The molecule has 1 fully saturated rings. The number of Topliss-reactive ketones (excluding diaryl/α,β-unsaturated/α-hetero) is 1.